The number of nitrogens with zero attached hydrogens (tertiary/aromatic N) is 1. The predicted molar refractivity (Wildman–Crippen MR) is 51.1 cm³/mol. The Bertz CT molecular complexity index is 310. The van der Waals surface area contributed by atoms with Crippen LogP contribution in [0.4, 0.5) is 0 Å². The average Bonchev–Trinajstić information content (AvgIpc) is 2.72. The molecular weight excluding hydrogens is 164 g/mol. The highest BCUT2D eigenvalue weighted by atomic mass is 16.3. The Hall–Kier alpha value is -1.25. The summed E-state index contributed by atoms with van der Waals surface area (Å²) in [5.41, 5.74) is 1.05. The Kier molecular flexibility index (Phi) is 2.08. The van der Waals surface area contributed by atoms with Crippen LogP contribution in [0.2, 0.25) is 0 Å². The lowest BCUT2D eigenvalue weighted by Gasteiger charge is -2.16. The molecule has 3 nitrogen and oxygen atoms in total. The van der Waals surface area contributed by atoms with Crippen molar-refractivity contribution >= 4 is 5.84 Å². The molecule has 0 aliphatic carbocycles. The van der Waals surface area contributed by atoms with E-state index in [1.807, 2.05) is 13.0 Å². The van der Waals surface area contributed by atoms with Crippen LogP contribution in [0.1, 0.15) is 24.2 Å². The van der Waals surface area contributed by atoms with Gasteiger partial charge in [0, 0.05) is 13.1 Å². The Morgan fingerprint density at radius 1 is 1.46 bits per heavy atom. The topological polar surface area (TPSA) is 40.2 Å². The van der Waals surface area contributed by atoms with Crippen molar-refractivity contribution < 1.29 is 4.42 Å². The molecule has 0 atom stereocenters. The van der Waals surface area contributed by atoms with Gasteiger partial charge in [0.2, 0.25) is 0 Å². The number of hydrogen-bond donors (Lipinski definition) is 1. The zero-order valence-electron chi connectivity index (χ0n) is 7.84. The molecule has 1 N–H and O–H groups in total. The lowest BCUT2D eigenvalue weighted by atomic mass is 10.2. The fourth-order valence-electron chi connectivity index (χ4n) is 1.70. The Morgan fingerprint density at radius 3 is 2.69 bits per heavy atom. The van der Waals surface area contributed by atoms with E-state index in [1.165, 1.54) is 12.8 Å². The summed E-state index contributed by atoms with van der Waals surface area (Å²) >= 11 is 0. The lowest BCUT2D eigenvalue weighted by Crippen LogP contribution is -2.27. The molecule has 13 heavy (non-hydrogen) atoms. The van der Waals surface area contributed by atoms with Gasteiger partial charge < -0.3 is 9.32 Å². The van der Waals surface area contributed by atoms with Crippen LogP contribution in [0, 0.1) is 12.3 Å². The van der Waals surface area contributed by atoms with E-state index in [0.29, 0.717) is 5.84 Å². The van der Waals surface area contributed by atoms with Crippen molar-refractivity contribution in [3.05, 3.63) is 23.7 Å². The largest absolute Gasteiger partial charge is 0.461 e. The highest BCUT2D eigenvalue weighted by Crippen LogP contribution is 2.16. The SMILES string of the molecule is Cc1ccoc1C(=N)N1CCCC1. The number of nitrogens with one attached hydrogen (secondary N) is 1. The normalized spacial score (nSPS) is 16.5. The standard InChI is InChI=1S/C10H14N2O/c1-8-4-7-13-9(8)10(11)12-5-2-3-6-12/h4,7,11H,2-3,5-6H2,1H3. The molecule has 1 aromatic rings. The van der Waals surface area contributed by atoms with Crippen LogP contribution in [-0.4, -0.2) is 23.8 Å². The van der Waals surface area contributed by atoms with E-state index in [0.717, 1.165) is 24.4 Å². The van der Waals surface area contributed by atoms with Crippen LogP contribution >= 0.6 is 0 Å². The smallest absolute Gasteiger partial charge is 0.171 e. The molecule has 0 unspecified atom stereocenters. The van der Waals surface area contributed by atoms with Gasteiger partial charge in [-0.1, -0.05) is 0 Å². The van der Waals surface area contributed by atoms with E-state index < -0.39 is 0 Å². The molecule has 1 fully saturated rings. The quantitative estimate of drug-likeness (QED) is 0.528. The first kappa shape index (κ1) is 8.35. The monoisotopic (exact) mass is 178 g/mol. The molecule has 2 heterocycles. The van der Waals surface area contributed by atoms with Crippen molar-refractivity contribution in [3.8, 4) is 0 Å². The molecule has 70 valence electrons. The highest BCUT2D eigenvalue weighted by molar-refractivity contribution is 5.95. The second-order valence-corrected chi connectivity index (χ2v) is 3.48. The van der Waals surface area contributed by atoms with Gasteiger partial charge in [-0.3, -0.25) is 5.41 Å². The summed E-state index contributed by atoms with van der Waals surface area (Å²) in [6.07, 6.45) is 4.04. The molecule has 0 aromatic carbocycles. The van der Waals surface area contributed by atoms with Gasteiger partial charge in [-0.2, -0.15) is 0 Å². The zero-order chi connectivity index (χ0) is 9.26. The second-order valence-electron chi connectivity index (χ2n) is 3.48. The molecule has 0 bridgehead atoms. The van der Waals surface area contributed by atoms with Crippen LogP contribution in [0.25, 0.3) is 0 Å². The summed E-state index contributed by atoms with van der Waals surface area (Å²) < 4.78 is 5.27. The summed E-state index contributed by atoms with van der Waals surface area (Å²) in [7, 11) is 0. The van der Waals surface area contributed by atoms with E-state index in [4.69, 9.17) is 9.83 Å². The number of aryl methyl sites for hydroxylation is 1. The van der Waals surface area contributed by atoms with Gasteiger partial charge in [-0.05, 0) is 31.4 Å². The third-order valence-electron chi connectivity index (χ3n) is 2.50. The van der Waals surface area contributed by atoms with Crippen molar-refractivity contribution in [3.63, 3.8) is 0 Å². The number of rotatable bonds is 1. The van der Waals surface area contributed by atoms with Crippen molar-refractivity contribution in [2.75, 3.05) is 13.1 Å². The van der Waals surface area contributed by atoms with E-state index in [-0.39, 0.29) is 0 Å². The predicted octanol–water partition coefficient (Wildman–Crippen LogP) is 2.01. The average molecular weight is 178 g/mol. The van der Waals surface area contributed by atoms with E-state index in [1.54, 1.807) is 6.26 Å². The molecule has 0 amide bonds. The van der Waals surface area contributed by atoms with Gasteiger partial charge in [0.05, 0.1) is 6.26 Å². The first-order valence-electron chi connectivity index (χ1n) is 4.67. The molecule has 2 rings (SSSR count). The number of hydrogen-bond acceptors (Lipinski definition) is 2. The third-order valence-corrected chi connectivity index (χ3v) is 2.50. The van der Waals surface area contributed by atoms with Crippen molar-refractivity contribution in [1.82, 2.24) is 4.90 Å². The molecule has 0 radical (unpaired) electrons. The Morgan fingerprint density at radius 2 is 2.15 bits per heavy atom. The van der Waals surface area contributed by atoms with Gasteiger partial charge in [0.1, 0.15) is 0 Å². The maximum atomic E-state index is 7.92. The molecule has 1 aromatic heterocycles. The van der Waals surface area contributed by atoms with E-state index in [9.17, 15) is 0 Å². The number of furan rings is 1. The van der Waals surface area contributed by atoms with Gasteiger partial charge in [0.25, 0.3) is 0 Å². The molecule has 0 spiro atoms. The second kappa shape index (κ2) is 3.24. The van der Waals surface area contributed by atoms with Crippen LogP contribution in [-0.2, 0) is 0 Å². The minimum absolute atomic E-state index is 0.542. The summed E-state index contributed by atoms with van der Waals surface area (Å²) in [6, 6.07) is 1.90. The van der Waals surface area contributed by atoms with E-state index in [2.05, 4.69) is 4.90 Å². The molecular formula is C10H14N2O. The Labute approximate surface area is 77.9 Å². The summed E-state index contributed by atoms with van der Waals surface area (Å²) in [6.45, 7) is 3.97. The summed E-state index contributed by atoms with van der Waals surface area (Å²) in [5, 5.41) is 7.92. The number of likely N-dealkylation sites (tertiary alicyclic amines) is 1. The van der Waals surface area contributed by atoms with Crippen LogP contribution in [0.15, 0.2) is 16.7 Å². The van der Waals surface area contributed by atoms with Crippen molar-refractivity contribution in [2.24, 2.45) is 0 Å². The van der Waals surface area contributed by atoms with Gasteiger partial charge in [-0.25, -0.2) is 0 Å². The fraction of sp³-hybridized carbons (Fsp3) is 0.500. The lowest BCUT2D eigenvalue weighted by molar-refractivity contribution is 0.481. The third kappa shape index (κ3) is 1.46. The van der Waals surface area contributed by atoms with Crippen LogP contribution < -0.4 is 0 Å². The van der Waals surface area contributed by atoms with Gasteiger partial charge >= 0.3 is 0 Å². The maximum absolute atomic E-state index is 7.92. The molecule has 1 aliphatic heterocycles. The van der Waals surface area contributed by atoms with Gasteiger partial charge in [-0.15, -0.1) is 0 Å². The molecule has 3 heteroatoms. The first-order chi connectivity index (χ1) is 6.29. The summed E-state index contributed by atoms with van der Waals surface area (Å²) in [5.74, 6) is 1.27. The first-order valence-corrected chi connectivity index (χ1v) is 4.67. The molecule has 1 saturated heterocycles. The van der Waals surface area contributed by atoms with Crippen molar-refractivity contribution in [2.45, 2.75) is 19.8 Å². The minimum Gasteiger partial charge on any atom is -0.461 e. The highest BCUT2D eigenvalue weighted by Gasteiger charge is 2.19. The van der Waals surface area contributed by atoms with E-state index >= 15 is 0 Å². The minimum atomic E-state index is 0.542. The number of amidine groups is 1. The van der Waals surface area contributed by atoms with Crippen LogP contribution in [0.3, 0.4) is 0 Å². The summed E-state index contributed by atoms with van der Waals surface area (Å²) in [4.78, 5) is 2.08. The molecule has 1 aliphatic rings. The maximum Gasteiger partial charge on any atom is 0.171 e. The molecule has 0 saturated carbocycles. The zero-order valence-corrected chi connectivity index (χ0v) is 7.84. The van der Waals surface area contributed by atoms with Crippen molar-refractivity contribution in [1.29, 1.82) is 5.41 Å². The Balaban J connectivity index is 2.17. The van der Waals surface area contributed by atoms with Gasteiger partial charge in [0.15, 0.2) is 11.6 Å². The van der Waals surface area contributed by atoms with Crippen LogP contribution in [0.5, 0.6) is 0 Å². The fourth-order valence-corrected chi connectivity index (χ4v) is 1.70.